The van der Waals surface area contributed by atoms with Crippen LogP contribution in [0.25, 0.3) is 5.57 Å². The number of nitrogens with zero attached hydrogens (tertiary/aromatic N) is 1. The fourth-order valence-electron chi connectivity index (χ4n) is 3.61. The molecule has 1 atom stereocenters. The van der Waals surface area contributed by atoms with Crippen LogP contribution in [0.15, 0.2) is 60.7 Å². The second-order valence-electron chi connectivity index (χ2n) is 6.08. The van der Waals surface area contributed by atoms with Gasteiger partial charge in [0, 0.05) is 13.0 Å². The van der Waals surface area contributed by atoms with Gasteiger partial charge < -0.3 is 4.90 Å². The maximum Gasteiger partial charge on any atom is 0.223 e. The van der Waals surface area contributed by atoms with Crippen LogP contribution >= 0.6 is 0 Å². The Kier molecular flexibility index (Phi) is 3.30. The van der Waals surface area contributed by atoms with Crippen molar-refractivity contribution in [1.82, 2.24) is 4.90 Å². The molecule has 0 bridgehead atoms. The molecule has 22 heavy (non-hydrogen) atoms. The summed E-state index contributed by atoms with van der Waals surface area (Å²) < 4.78 is 0. The average Bonchev–Trinajstić information content (AvgIpc) is 3.13. The van der Waals surface area contributed by atoms with E-state index in [-0.39, 0.29) is 11.9 Å². The van der Waals surface area contributed by atoms with Crippen LogP contribution < -0.4 is 0 Å². The van der Waals surface area contributed by atoms with E-state index in [0.717, 1.165) is 19.4 Å². The van der Waals surface area contributed by atoms with Gasteiger partial charge >= 0.3 is 0 Å². The van der Waals surface area contributed by atoms with E-state index in [9.17, 15) is 4.79 Å². The first-order valence-electron chi connectivity index (χ1n) is 7.96. The van der Waals surface area contributed by atoms with Crippen molar-refractivity contribution in [2.24, 2.45) is 0 Å². The van der Waals surface area contributed by atoms with Crippen molar-refractivity contribution >= 4 is 11.5 Å². The highest BCUT2D eigenvalue weighted by molar-refractivity contribution is 5.82. The monoisotopic (exact) mass is 289 g/mol. The first kappa shape index (κ1) is 13.3. The molecule has 2 heteroatoms. The number of benzene rings is 2. The Hall–Kier alpha value is -2.35. The largest absolute Gasteiger partial charge is 0.332 e. The van der Waals surface area contributed by atoms with Gasteiger partial charge in [0.05, 0.1) is 6.04 Å². The van der Waals surface area contributed by atoms with Gasteiger partial charge in [-0.1, -0.05) is 60.7 Å². The summed E-state index contributed by atoms with van der Waals surface area (Å²) in [4.78, 5) is 14.2. The molecule has 0 saturated carbocycles. The van der Waals surface area contributed by atoms with E-state index in [0.29, 0.717) is 6.42 Å². The SMILES string of the molecule is O=C1CCCN1C1C=C(Cc2ccccc2)c2ccccc21. The van der Waals surface area contributed by atoms with Crippen molar-refractivity contribution in [3.8, 4) is 0 Å². The highest BCUT2D eigenvalue weighted by Crippen LogP contribution is 2.40. The number of likely N-dealkylation sites (tertiary alicyclic amines) is 1. The Morgan fingerprint density at radius 2 is 1.77 bits per heavy atom. The quantitative estimate of drug-likeness (QED) is 0.836. The number of carbonyl (C=O) groups is 1. The first-order chi connectivity index (χ1) is 10.8. The van der Waals surface area contributed by atoms with E-state index in [1.165, 1.54) is 22.3 Å². The topological polar surface area (TPSA) is 20.3 Å². The van der Waals surface area contributed by atoms with E-state index in [1.54, 1.807) is 0 Å². The predicted molar refractivity (Wildman–Crippen MR) is 88.3 cm³/mol. The Morgan fingerprint density at radius 1 is 1.00 bits per heavy atom. The smallest absolute Gasteiger partial charge is 0.223 e. The van der Waals surface area contributed by atoms with Gasteiger partial charge in [-0.2, -0.15) is 0 Å². The fourth-order valence-corrected chi connectivity index (χ4v) is 3.61. The van der Waals surface area contributed by atoms with Crippen molar-refractivity contribution in [3.63, 3.8) is 0 Å². The molecule has 4 rings (SSSR count). The lowest BCUT2D eigenvalue weighted by Gasteiger charge is -2.23. The molecule has 1 amide bonds. The Morgan fingerprint density at radius 3 is 2.55 bits per heavy atom. The minimum Gasteiger partial charge on any atom is -0.332 e. The van der Waals surface area contributed by atoms with Gasteiger partial charge in [-0.15, -0.1) is 0 Å². The average molecular weight is 289 g/mol. The second-order valence-corrected chi connectivity index (χ2v) is 6.08. The van der Waals surface area contributed by atoms with Crippen LogP contribution in [0.5, 0.6) is 0 Å². The summed E-state index contributed by atoms with van der Waals surface area (Å²) in [5.74, 6) is 0.289. The van der Waals surface area contributed by atoms with Crippen LogP contribution in [-0.4, -0.2) is 17.4 Å². The third-order valence-corrected chi connectivity index (χ3v) is 4.67. The number of fused-ring (bicyclic) bond motifs is 1. The molecule has 1 aliphatic heterocycles. The van der Waals surface area contributed by atoms with Crippen molar-refractivity contribution in [2.45, 2.75) is 25.3 Å². The number of carbonyl (C=O) groups excluding carboxylic acids is 1. The summed E-state index contributed by atoms with van der Waals surface area (Å²) in [6.07, 6.45) is 4.90. The molecule has 0 aromatic heterocycles. The summed E-state index contributed by atoms with van der Waals surface area (Å²) in [5, 5.41) is 0. The summed E-state index contributed by atoms with van der Waals surface area (Å²) in [7, 11) is 0. The molecule has 1 fully saturated rings. The van der Waals surface area contributed by atoms with Crippen LogP contribution in [0.2, 0.25) is 0 Å². The second kappa shape index (κ2) is 5.45. The predicted octanol–water partition coefficient (Wildman–Crippen LogP) is 3.99. The van der Waals surface area contributed by atoms with Crippen molar-refractivity contribution in [1.29, 1.82) is 0 Å². The third-order valence-electron chi connectivity index (χ3n) is 4.67. The van der Waals surface area contributed by atoms with Crippen LogP contribution in [-0.2, 0) is 11.2 Å². The van der Waals surface area contributed by atoms with Gasteiger partial charge in [0.25, 0.3) is 0 Å². The molecule has 2 nitrogen and oxygen atoms in total. The van der Waals surface area contributed by atoms with Gasteiger partial charge in [0.15, 0.2) is 0 Å². The van der Waals surface area contributed by atoms with E-state index in [1.807, 2.05) is 11.0 Å². The minimum atomic E-state index is 0.130. The number of amides is 1. The number of rotatable bonds is 3. The van der Waals surface area contributed by atoms with E-state index >= 15 is 0 Å². The van der Waals surface area contributed by atoms with E-state index in [4.69, 9.17) is 0 Å². The lowest BCUT2D eigenvalue weighted by molar-refractivity contribution is -0.128. The van der Waals surface area contributed by atoms with Crippen LogP contribution in [0.3, 0.4) is 0 Å². The van der Waals surface area contributed by atoms with Crippen LogP contribution in [0.4, 0.5) is 0 Å². The first-order valence-corrected chi connectivity index (χ1v) is 7.96. The molecular formula is C20H19NO. The fraction of sp³-hybridized carbons (Fsp3) is 0.250. The molecule has 2 aliphatic rings. The van der Waals surface area contributed by atoms with Gasteiger partial charge in [0.2, 0.25) is 5.91 Å². The summed E-state index contributed by atoms with van der Waals surface area (Å²) in [6, 6.07) is 19.2. The molecule has 0 radical (unpaired) electrons. The molecule has 1 aliphatic carbocycles. The van der Waals surface area contributed by atoms with Crippen molar-refractivity contribution in [2.75, 3.05) is 6.54 Å². The molecule has 110 valence electrons. The summed E-state index contributed by atoms with van der Waals surface area (Å²) >= 11 is 0. The van der Waals surface area contributed by atoms with Crippen LogP contribution in [0, 0.1) is 0 Å². The third kappa shape index (κ3) is 2.25. The lowest BCUT2D eigenvalue weighted by atomic mass is 9.99. The summed E-state index contributed by atoms with van der Waals surface area (Å²) in [5.41, 5.74) is 5.24. The molecule has 1 unspecified atom stereocenters. The summed E-state index contributed by atoms with van der Waals surface area (Å²) in [6.45, 7) is 0.882. The number of allylic oxidation sites excluding steroid dienone is 1. The highest BCUT2D eigenvalue weighted by Gasteiger charge is 2.32. The van der Waals surface area contributed by atoms with E-state index in [2.05, 4.69) is 54.6 Å². The minimum absolute atomic E-state index is 0.130. The zero-order valence-corrected chi connectivity index (χ0v) is 12.5. The Balaban J connectivity index is 1.70. The molecule has 0 spiro atoms. The Bertz CT molecular complexity index is 732. The van der Waals surface area contributed by atoms with Gasteiger partial charge in [-0.25, -0.2) is 0 Å². The molecule has 2 aromatic carbocycles. The number of hydrogen-bond acceptors (Lipinski definition) is 1. The van der Waals surface area contributed by atoms with Crippen molar-refractivity contribution < 1.29 is 4.79 Å². The molecule has 0 N–H and O–H groups in total. The highest BCUT2D eigenvalue weighted by atomic mass is 16.2. The standard InChI is InChI=1S/C20H19NO/c22-20-11-6-12-21(20)19-14-16(13-15-7-2-1-3-8-15)17-9-4-5-10-18(17)19/h1-5,7-10,14,19H,6,11-13H2. The Labute approximate surface area is 131 Å². The zero-order chi connectivity index (χ0) is 14.9. The van der Waals surface area contributed by atoms with Gasteiger partial charge in [0.1, 0.15) is 0 Å². The van der Waals surface area contributed by atoms with Gasteiger partial charge in [-0.05, 0) is 35.1 Å². The lowest BCUT2D eigenvalue weighted by Crippen LogP contribution is -2.27. The molecule has 1 saturated heterocycles. The maximum absolute atomic E-state index is 12.1. The van der Waals surface area contributed by atoms with Crippen molar-refractivity contribution in [3.05, 3.63) is 77.4 Å². The molecule has 2 aromatic rings. The molecular weight excluding hydrogens is 270 g/mol. The normalized spacial score (nSPS) is 20.2. The molecule has 1 heterocycles. The van der Waals surface area contributed by atoms with E-state index < -0.39 is 0 Å². The number of hydrogen-bond donors (Lipinski definition) is 0. The van der Waals surface area contributed by atoms with Crippen LogP contribution in [0.1, 0.15) is 35.6 Å². The zero-order valence-electron chi connectivity index (χ0n) is 12.5. The van der Waals surface area contributed by atoms with Gasteiger partial charge in [-0.3, -0.25) is 4.79 Å². The maximum atomic E-state index is 12.1.